The Morgan fingerprint density at radius 2 is 1.73 bits per heavy atom. The molecule has 80 valence electrons. The van der Waals surface area contributed by atoms with Crippen LogP contribution < -0.4 is 0 Å². The molecule has 3 nitrogen and oxygen atoms in total. The fourth-order valence-corrected chi connectivity index (χ4v) is 1.68. The van der Waals surface area contributed by atoms with Crippen LogP contribution in [0.3, 0.4) is 0 Å². The Morgan fingerprint density at radius 3 is 2.13 bits per heavy atom. The molecule has 0 saturated heterocycles. The number of allylic oxidation sites excluding steroid dienone is 1. The summed E-state index contributed by atoms with van der Waals surface area (Å²) in [7, 11) is 0. The van der Waals surface area contributed by atoms with Gasteiger partial charge in [0.15, 0.2) is 0 Å². The Labute approximate surface area is 89.6 Å². The van der Waals surface area contributed by atoms with Crippen LogP contribution in [0.25, 0.3) is 6.08 Å². The molecule has 0 saturated carbocycles. The Hall–Kier alpha value is -1.64. The largest absolute Gasteiger partial charge is 0.259 e. The van der Waals surface area contributed by atoms with Crippen LogP contribution in [0.15, 0.2) is 17.8 Å². The summed E-state index contributed by atoms with van der Waals surface area (Å²) < 4.78 is 0. The Morgan fingerprint density at radius 1 is 1.27 bits per heavy atom. The first kappa shape index (κ1) is 11.4. The zero-order valence-electron chi connectivity index (χ0n) is 9.50. The Kier molecular flexibility index (Phi) is 3.24. The Balaban J connectivity index is 3.27. The molecular weight excluding hydrogens is 190 g/mol. The van der Waals surface area contributed by atoms with Gasteiger partial charge in [-0.15, -0.1) is 0 Å². The molecule has 0 fully saturated rings. The monoisotopic (exact) mass is 205 g/mol. The summed E-state index contributed by atoms with van der Waals surface area (Å²) in [5, 5.41) is 10.5. The lowest BCUT2D eigenvalue weighted by Crippen LogP contribution is -1.95. The molecule has 0 bridgehead atoms. The molecule has 1 rings (SSSR count). The fraction of sp³-hybridized carbons (Fsp3) is 0.333. The van der Waals surface area contributed by atoms with E-state index in [1.165, 1.54) is 12.5 Å². The fourth-order valence-electron chi connectivity index (χ4n) is 1.68. The number of rotatable bonds is 2. The highest BCUT2D eigenvalue weighted by Crippen LogP contribution is 2.19. The van der Waals surface area contributed by atoms with Crippen LogP contribution in [0.2, 0.25) is 0 Å². The van der Waals surface area contributed by atoms with E-state index in [0.717, 1.165) is 16.7 Å². The van der Waals surface area contributed by atoms with E-state index in [2.05, 4.69) is 0 Å². The van der Waals surface area contributed by atoms with Crippen LogP contribution in [0, 0.1) is 30.9 Å². The van der Waals surface area contributed by atoms with Crippen molar-refractivity contribution in [2.45, 2.75) is 27.7 Å². The van der Waals surface area contributed by atoms with E-state index in [0.29, 0.717) is 0 Å². The van der Waals surface area contributed by atoms with Crippen molar-refractivity contribution in [2.75, 3.05) is 0 Å². The summed E-state index contributed by atoms with van der Waals surface area (Å²) in [4.78, 5) is 10.2. The highest BCUT2D eigenvalue weighted by atomic mass is 16.6. The zero-order chi connectivity index (χ0) is 11.6. The van der Waals surface area contributed by atoms with Crippen molar-refractivity contribution in [3.8, 4) is 0 Å². The van der Waals surface area contributed by atoms with E-state index in [1.807, 2.05) is 32.9 Å². The van der Waals surface area contributed by atoms with Gasteiger partial charge >= 0.3 is 0 Å². The lowest BCUT2D eigenvalue weighted by molar-refractivity contribution is -0.422. The maximum absolute atomic E-state index is 10.5. The minimum absolute atomic E-state index is 0.171. The minimum Gasteiger partial charge on any atom is -0.259 e. The van der Waals surface area contributed by atoms with Gasteiger partial charge in [-0.2, -0.15) is 0 Å². The molecule has 3 heteroatoms. The van der Waals surface area contributed by atoms with Crippen LogP contribution >= 0.6 is 0 Å². The van der Waals surface area contributed by atoms with Crippen molar-refractivity contribution >= 4 is 6.08 Å². The highest BCUT2D eigenvalue weighted by Gasteiger charge is 2.06. The summed E-state index contributed by atoms with van der Waals surface area (Å²) in [5.74, 6) is 0. The summed E-state index contributed by atoms with van der Waals surface area (Å²) in [5.41, 5.74) is 4.46. The van der Waals surface area contributed by atoms with Gasteiger partial charge in [0.2, 0.25) is 5.70 Å². The van der Waals surface area contributed by atoms with Gasteiger partial charge in [-0.1, -0.05) is 17.7 Å². The molecule has 0 atom stereocenters. The van der Waals surface area contributed by atoms with Crippen LogP contribution in [0.5, 0.6) is 0 Å². The summed E-state index contributed by atoms with van der Waals surface area (Å²) in [6.45, 7) is 7.48. The number of nitro groups is 1. The van der Waals surface area contributed by atoms with E-state index in [9.17, 15) is 10.1 Å². The van der Waals surface area contributed by atoms with Gasteiger partial charge in [0.25, 0.3) is 0 Å². The molecule has 0 radical (unpaired) electrons. The van der Waals surface area contributed by atoms with Crippen molar-refractivity contribution in [3.63, 3.8) is 0 Å². The molecule has 15 heavy (non-hydrogen) atoms. The van der Waals surface area contributed by atoms with Crippen molar-refractivity contribution in [3.05, 3.63) is 50.2 Å². The number of nitrogens with zero attached hydrogens (tertiary/aromatic N) is 1. The topological polar surface area (TPSA) is 43.1 Å². The zero-order valence-corrected chi connectivity index (χ0v) is 9.50. The smallest absolute Gasteiger partial charge is 0.243 e. The van der Waals surface area contributed by atoms with Crippen LogP contribution in [0.4, 0.5) is 0 Å². The van der Waals surface area contributed by atoms with Gasteiger partial charge in [-0.05, 0) is 37.5 Å². The quantitative estimate of drug-likeness (QED) is 0.549. The van der Waals surface area contributed by atoms with E-state index in [-0.39, 0.29) is 10.6 Å². The van der Waals surface area contributed by atoms with Gasteiger partial charge < -0.3 is 0 Å². The first-order valence-corrected chi connectivity index (χ1v) is 4.82. The van der Waals surface area contributed by atoms with E-state index in [4.69, 9.17) is 0 Å². The molecule has 1 aromatic carbocycles. The first-order chi connectivity index (χ1) is 6.91. The SMILES string of the molecule is CC(=Cc1c(C)cc(C)cc1C)[N+](=O)[O-]. The van der Waals surface area contributed by atoms with Crippen molar-refractivity contribution < 1.29 is 4.92 Å². The summed E-state index contributed by atoms with van der Waals surface area (Å²) in [6.07, 6.45) is 1.63. The maximum atomic E-state index is 10.5. The Bertz CT molecular complexity index is 410. The molecule has 0 heterocycles. The molecule has 0 aromatic heterocycles. The van der Waals surface area contributed by atoms with Gasteiger partial charge in [0, 0.05) is 13.0 Å². The molecule has 1 aromatic rings. The normalized spacial score (nSPS) is 11.6. The second-order valence-electron chi connectivity index (χ2n) is 3.86. The second-order valence-corrected chi connectivity index (χ2v) is 3.86. The number of hydrogen-bond donors (Lipinski definition) is 0. The lowest BCUT2D eigenvalue weighted by Gasteiger charge is -2.06. The summed E-state index contributed by atoms with van der Waals surface area (Å²) in [6, 6.07) is 4.07. The standard InChI is InChI=1S/C12H15NO2/c1-8-5-9(2)12(10(3)6-8)7-11(4)13(14)15/h5-7H,1-4H3. The third-order valence-electron chi connectivity index (χ3n) is 2.38. The maximum Gasteiger partial charge on any atom is 0.243 e. The number of aryl methyl sites for hydroxylation is 3. The minimum atomic E-state index is -0.362. The van der Waals surface area contributed by atoms with Gasteiger partial charge in [0.05, 0.1) is 4.92 Å². The van der Waals surface area contributed by atoms with E-state index >= 15 is 0 Å². The second kappa shape index (κ2) is 4.26. The summed E-state index contributed by atoms with van der Waals surface area (Å²) >= 11 is 0. The predicted molar refractivity (Wildman–Crippen MR) is 61.3 cm³/mol. The molecule has 0 spiro atoms. The van der Waals surface area contributed by atoms with Gasteiger partial charge in [-0.3, -0.25) is 10.1 Å². The van der Waals surface area contributed by atoms with E-state index < -0.39 is 0 Å². The van der Waals surface area contributed by atoms with Gasteiger partial charge in [-0.25, -0.2) is 0 Å². The lowest BCUT2D eigenvalue weighted by atomic mass is 9.99. The molecule has 0 aliphatic rings. The molecule has 0 unspecified atom stereocenters. The number of hydrogen-bond acceptors (Lipinski definition) is 2. The molecule has 0 N–H and O–H groups in total. The van der Waals surface area contributed by atoms with Crippen LogP contribution in [-0.2, 0) is 0 Å². The molecule has 0 aliphatic heterocycles. The van der Waals surface area contributed by atoms with Crippen molar-refractivity contribution in [2.24, 2.45) is 0 Å². The molecule has 0 amide bonds. The predicted octanol–water partition coefficient (Wildman–Crippen LogP) is 3.25. The van der Waals surface area contributed by atoms with Crippen molar-refractivity contribution in [1.82, 2.24) is 0 Å². The van der Waals surface area contributed by atoms with Gasteiger partial charge in [0.1, 0.15) is 0 Å². The average Bonchev–Trinajstić information content (AvgIpc) is 2.10. The first-order valence-electron chi connectivity index (χ1n) is 4.82. The van der Waals surface area contributed by atoms with Crippen LogP contribution in [0.1, 0.15) is 29.2 Å². The third kappa shape index (κ3) is 2.65. The van der Waals surface area contributed by atoms with Crippen molar-refractivity contribution in [1.29, 1.82) is 0 Å². The molecular formula is C12H15NO2. The van der Waals surface area contributed by atoms with Crippen LogP contribution in [-0.4, -0.2) is 4.92 Å². The van der Waals surface area contributed by atoms with E-state index in [1.54, 1.807) is 6.08 Å². The number of benzene rings is 1. The average molecular weight is 205 g/mol. The molecule has 0 aliphatic carbocycles. The third-order valence-corrected chi connectivity index (χ3v) is 2.38. The highest BCUT2D eigenvalue weighted by molar-refractivity contribution is 5.59.